The van der Waals surface area contributed by atoms with Crippen LogP contribution in [-0.2, 0) is 11.8 Å². The number of aromatic nitrogens is 2. The molecule has 0 N–H and O–H groups in total. The third-order valence-corrected chi connectivity index (χ3v) is 4.62. The molecule has 1 amide bonds. The number of methoxy groups -OCH3 is 1. The molecule has 1 aromatic heterocycles. The van der Waals surface area contributed by atoms with E-state index in [2.05, 4.69) is 5.10 Å². The highest BCUT2D eigenvalue weighted by molar-refractivity contribution is 5.87. The first-order valence-electron chi connectivity index (χ1n) is 8.52. The Labute approximate surface area is 163 Å². The molecule has 2 heterocycles. The van der Waals surface area contributed by atoms with E-state index in [9.17, 15) is 28.1 Å². The second kappa shape index (κ2) is 7.57. The van der Waals surface area contributed by atoms with E-state index >= 15 is 0 Å². The van der Waals surface area contributed by atoms with Gasteiger partial charge in [-0.05, 0) is 29.2 Å². The number of benzene rings is 1. The summed E-state index contributed by atoms with van der Waals surface area (Å²) in [6.07, 6.45) is -0.0255. The van der Waals surface area contributed by atoms with Crippen molar-refractivity contribution in [1.82, 2.24) is 14.7 Å². The number of alkyl halides is 3. The lowest BCUT2D eigenvalue weighted by atomic mass is 9.91. The van der Waals surface area contributed by atoms with E-state index in [1.165, 1.54) is 36.2 Å². The van der Waals surface area contributed by atoms with E-state index < -0.39 is 17.0 Å². The molecule has 29 heavy (non-hydrogen) atoms. The van der Waals surface area contributed by atoms with Gasteiger partial charge in [0.15, 0.2) is 5.75 Å². The summed E-state index contributed by atoms with van der Waals surface area (Å²) in [5.41, 5.74) is 2.14. The van der Waals surface area contributed by atoms with Gasteiger partial charge in [-0.2, -0.15) is 18.3 Å². The van der Waals surface area contributed by atoms with Gasteiger partial charge in [0.1, 0.15) is 0 Å². The molecule has 0 saturated carbocycles. The zero-order valence-corrected chi connectivity index (χ0v) is 15.6. The fraction of sp³-hybridized carbons (Fsp3) is 0.333. The molecule has 1 aliphatic heterocycles. The molecule has 0 saturated heterocycles. The third-order valence-electron chi connectivity index (χ3n) is 4.62. The number of aryl methyl sites for hydroxylation is 1. The monoisotopic (exact) mass is 410 g/mol. The molecule has 1 aliphatic rings. The van der Waals surface area contributed by atoms with Crippen LogP contribution in [0.25, 0.3) is 16.7 Å². The first-order chi connectivity index (χ1) is 13.6. The first-order valence-corrected chi connectivity index (χ1v) is 8.52. The molecular weight excluding hydrogens is 393 g/mol. The number of nitro benzene ring substituents is 1. The maximum Gasteiger partial charge on any atom is 0.471 e. The van der Waals surface area contributed by atoms with Gasteiger partial charge < -0.3 is 9.64 Å². The topological polar surface area (TPSA) is 90.5 Å². The van der Waals surface area contributed by atoms with E-state index in [0.717, 1.165) is 4.90 Å². The normalized spacial score (nSPS) is 14.5. The van der Waals surface area contributed by atoms with Gasteiger partial charge in [0, 0.05) is 38.0 Å². The summed E-state index contributed by atoms with van der Waals surface area (Å²) in [6.45, 7) is -0.324. The average molecular weight is 410 g/mol. The van der Waals surface area contributed by atoms with Crippen molar-refractivity contribution in [2.24, 2.45) is 7.05 Å². The zero-order chi connectivity index (χ0) is 21.3. The molecule has 0 aliphatic carbocycles. The SMILES string of the molecule is COc1cc(C2=CCN(C(=O)C(F)(F)F)CC2)c(-c2cnn(C)c2)cc1[N+](=O)[O-]. The highest BCUT2D eigenvalue weighted by Gasteiger charge is 2.42. The predicted molar refractivity (Wildman–Crippen MR) is 97.1 cm³/mol. The minimum Gasteiger partial charge on any atom is -0.490 e. The van der Waals surface area contributed by atoms with E-state index in [1.807, 2.05) is 0 Å². The second-order valence-electron chi connectivity index (χ2n) is 6.46. The Morgan fingerprint density at radius 1 is 1.31 bits per heavy atom. The van der Waals surface area contributed by atoms with Crippen molar-refractivity contribution in [3.8, 4) is 16.9 Å². The summed E-state index contributed by atoms with van der Waals surface area (Å²) >= 11 is 0. The molecular formula is C18H17F3N4O4. The van der Waals surface area contributed by atoms with Crippen LogP contribution in [0, 0.1) is 10.1 Å². The fourth-order valence-electron chi connectivity index (χ4n) is 3.22. The van der Waals surface area contributed by atoms with Gasteiger partial charge in [-0.25, -0.2) is 0 Å². The second-order valence-corrected chi connectivity index (χ2v) is 6.46. The van der Waals surface area contributed by atoms with Crippen molar-refractivity contribution in [2.75, 3.05) is 20.2 Å². The number of hydrogen-bond donors (Lipinski definition) is 0. The van der Waals surface area contributed by atoms with Crippen molar-refractivity contribution in [1.29, 1.82) is 0 Å². The van der Waals surface area contributed by atoms with Crippen molar-refractivity contribution < 1.29 is 27.6 Å². The van der Waals surface area contributed by atoms with Crippen LogP contribution in [0.3, 0.4) is 0 Å². The van der Waals surface area contributed by atoms with Crippen LogP contribution >= 0.6 is 0 Å². The lowest BCUT2D eigenvalue weighted by Gasteiger charge is -2.28. The van der Waals surface area contributed by atoms with Gasteiger partial charge in [-0.15, -0.1) is 0 Å². The van der Waals surface area contributed by atoms with E-state index in [1.54, 1.807) is 13.2 Å². The lowest BCUT2D eigenvalue weighted by molar-refractivity contribution is -0.385. The van der Waals surface area contributed by atoms with E-state index in [-0.39, 0.29) is 30.9 Å². The van der Waals surface area contributed by atoms with Crippen LogP contribution in [0.1, 0.15) is 12.0 Å². The number of ether oxygens (including phenoxy) is 1. The van der Waals surface area contributed by atoms with Crippen molar-refractivity contribution in [3.63, 3.8) is 0 Å². The Balaban J connectivity index is 2.05. The van der Waals surface area contributed by atoms with Crippen LogP contribution in [0.5, 0.6) is 5.75 Å². The Morgan fingerprint density at radius 2 is 2.03 bits per heavy atom. The Bertz CT molecular complexity index is 997. The van der Waals surface area contributed by atoms with Gasteiger partial charge in [-0.1, -0.05) is 6.08 Å². The van der Waals surface area contributed by atoms with Crippen LogP contribution in [0.2, 0.25) is 0 Å². The number of halogens is 3. The molecule has 8 nitrogen and oxygen atoms in total. The standard InChI is InChI=1S/C18H17F3N4O4/c1-23-10-12(9-22-23)13-7-15(25(27)28)16(29-2)8-14(13)11-3-5-24(6-4-11)17(26)18(19,20)21/h3,7-10H,4-6H2,1-2H3. The predicted octanol–water partition coefficient (Wildman–Crippen LogP) is 3.18. The van der Waals surface area contributed by atoms with Crippen LogP contribution < -0.4 is 4.74 Å². The maximum atomic E-state index is 12.7. The van der Waals surface area contributed by atoms with Gasteiger partial charge >= 0.3 is 17.8 Å². The van der Waals surface area contributed by atoms with Crippen molar-refractivity contribution in [2.45, 2.75) is 12.6 Å². The maximum absolute atomic E-state index is 12.7. The molecule has 154 valence electrons. The number of nitro groups is 1. The Hall–Kier alpha value is -3.37. The zero-order valence-electron chi connectivity index (χ0n) is 15.6. The highest BCUT2D eigenvalue weighted by atomic mass is 19.4. The molecule has 0 radical (unpaired) electrons. The Kier molecular flexibility index (Phi) is 5.31. The van der Waals surface area contributed by atoms with Crippen LogP contribution in [-0.4, -0.2) is 51.9 Å². The molecule has 3 rings (SSSR count). The van der Waals surface area contributed by atoms with Gasteiger partial charge in [-0.3, -0.25) is 19.6 Å². The molecule has 0 spiro atoms. The molecule has 0 bridgehead atoms. The summed E-state index contributed by atoms with van der Waals surface area (Å²) in [4.78, 5) is 23.0. The number of carbonyl (C=O) groups excluding carboxylic acids is 1. The van der Waals surface area contributed by atoms with Gasteiger partial charge in [0.2, 0.25) is 0 Å². The fourth-order valence-corrected chi connectivity index (χ4v) is 3.22. The molecule has 1 aromatic carbocycles. The number of hydrogen-bond acceptors (Lipinski definition) is 5. The smallest absolute Gasteiger partial charge is 0.471 e. The summed E-state index contributed by atoms with van der Waals surface area (Å²) < 4.78 is 44.6. The minimum absolute atomic E-state index is 0.0346. The summed E-state index contributed by atoms with van der Waals surface area (Å²) in [5, 5.41) is 15.5. The molecule has 11 heteroatoms. The number of amides is 1. The van der Waals surface area contributed by atoms with Crippen molar-refractivity contribution in [3.05, 3.63) is 46.3 Å². The molecule has 0 unspecified atom stereocenters. The van der Waals surface area contributed by atoms with Crippen LogP contribution in [0.4, 0.5) is 18.9 Å². The summed E-state index contributed by atoms with van der Waals surface area (Å²) in [7, 11) is 3.00. The van der Waals surface area contributed by atoms with Gasteiger partial charge in [0.25, 0.3) is 0 Å². The largest absolute Gasteiger partial charge is 0.490 e. The number of carbonyl (C=O) groups is 1. The summed E-state index contributed by atoms with van der Waals surface area (Å²) in [5.74, 6) is -1.85. The van der Waals surface area contributed by atoms with E-state index in [4.69, 9.17) is 4.74 Å². The van der Waals surface area contributed by atoms with E-state index in [0.29, 0.717) is 22.3 Å². The molecule has 2 aromatic rings. The number of rotatable bonds is 4. The minimum atomic E-state index is -4.93. The molecule has 0 atom stereocenters. The third kappa shape index (κ3) is 4.08. The quantitative estimate of drug-likeness (QED) is 0.570. The van der Waals surface area contributed by atoms with Crippen LogP contribution in [0.15, 0.2) is 30.6 Å². The lowest BCUT2D eigenvalue weighted by Crippen LogP contribution is -2.43. The summed E-state index contributed by atoms with van der Waals surface area (Å²) in [6, 6.07) is 2.85. The van der Waals surface area contributed by atoms with Gasteiger partial charge in [0.05, 0.1) is 18.2 Å². The first kappa shape index (κ1) is 20.4. The Morgan fingerprint density at radius 3 is 2.52 bits per heavy atom. The average Bonchev–Trinajstić information content (AvgIpc) is 3.11. The molecule has 0 fully saturated rings. The van der Waals surface area contributed by atoms with Crippen molar-refractivity contribution >= 4 is 17.2 Å². The highest BCUT2D eigenvalue weighted by Crippen LogP contribution is 2.40. The number of nitrogens with zero attached hydrogens (tertiary/aromatic N) is 4.